The van der Waals surface area contributed by atoms with Crippen LogP contribution in [0.4, 0.5) is 0 Å². The normalized spacial score (nSPS) is 14.2. The Morgan fingerprint density at radius 3 is 2.26 bits per heavy atom. The van der Waals surface area contributed by atoms with Gasteiger partial charge in [0.1, 0.15) is 0 Å². The van der Waals surface area contributed by atoms with Gasteiger partial charge in [0.2, 0.25) is 5.91 Å². The van der Waals surface area contributed by atoms with Crippen LogP contribution in [-0.2, 0) is 16.1 Å². The van der Waals surface area contributed by atoms with Crippen molar-refractivity contribution in [2.45, 2.75) is 46.3 Å². The number of amides is 1. The van der Waals surface area contributed by atoms with Crippen molar-refractivity contribution in [3.05, 3.63) is 35.4 Å². The first-order chi connectivity index (χ1) is 8.95. The lowest BCUT2D eigenvalue weighted by Gasteiger charge is -2.17. The Labute approximate surface area is 115 Å². The molecule has 2 atom stereocenters. The van der Waals surface area contributed by atoms with Crippen molar-refractivity contribution < 1.29 is 9.53 Å². The molecule has 2 unspecified atom stereocenters. The van der Waals surface area contributed by atoms with Gasteiger partial charge in [0, 0.05) is 0 Å². The lowest BCUT2D eigenvalue weighted by molar-refractivity contribution is -0.122. The van der Waals surface area contributed by atoms with E-state index < -0.39 is 0 Å². The van der Waals surface area contributed by atoms with E-state index in [1.807, 2.05) is 31.2 Å². The van der Waals surface area contributed by atoms with E-state index in [1.165, 1.54) is 0 Å². The molecule has 1 aromatic carbocycles. The van der Waals surface area contributed by atoms with Gasteiger partial charge in [-0.05, 0) is 30.9 Å². The van der Waals surface area contributed by atoms with Crippen LogP contribution in [0.3, 0.4) is 0 Å². The third-order valence-corrected chi connectivity index (χ3v) is 3.47. The molecule has 0 aliphatic rings. The van der Waals surface area contributed by atoms with Crippen molar-refractivity contribution in [2.24, 2.45) is 11.8 Å². The number of benzene rings is 1. The molecule has 1 rings (SSSR count). The number of hydrogen-bond acceptors (Lipinski definition) is 3. The van der Waals surface area contributed by atoms with Crippen LogP contribution in [0, 0.1) is 5.92 Å². The van der Waals surface area contributed by atoms with Crippen LogP contribution in [-0.4, -0.2) is 12.0 Å². The Balaban J connectivity index is 2.59. The second-order valence-corrected chi connectivity index (χ2v) is 5.23. The fourth-order valence-electron chi connectivity index (χ4n) is 1.60. The van der Waals surface area contributed by atoms with Gasteiger partial charge in [-0.2, -0.15) is 0 Å². The van der Waals surface area contributed by atoms with Crippen LogP contribution >= 0.6 is 0 Å². The molecule has 0 aliphatic heterocycles. The minimum Gasteiger partial charge on any atom is -0.374 e. The maximum atomic E-state index is 11.4. The standard InChI is InChI=1S/C15H24N2O2/c1-10(2)12(4)19-9-13-5-7-14(8-6-13)11(3)15(18)17-16/h5-8,10-12H,9,16H2,1-4H3,(H,17,18). The molecule has 0 spiro atoms. The zero-order valence-electron chi connectivity index (χ0n) is 12.1. The third-order valence-electron chi connectivity index (χ3n) is 3.47. The molecule has 1 aromatic rings. The van der Waals surface area contributed by atoms with E-state index in [4.69, 9.17) is 10.6 Å². The first-order valence-corrected chi connectivity index (χ1v) is 6.66. The minimum atomic E-state index is -0.241. The lowest BCUT2D eigenvalue weighted by atomic mass is 9.99. The summed E-state index contributed by atoms with van der Waals surface area (Å²) in [5.74, 6) is 5.21. The molecule has 19 heavy (non-hydrogen) atoms. The van der Waals surface area contributed by atoms with E-state index in [0.29, 0.717) is 12.5 Å². The van der Waals surface area contributed by atoms with E-state index in [-0.39, 0.29) is 17.9 Å². The Morgan fingerprint density at radius 1 is 1.21 bits per heavy atom. The van der Waals surface area contributed by atoms with Crippen molar-refractivity contribution in [3.63, 3.8) is 0 Å². The van der Waals surface area contributed by atoms with Gasteiger partial charge in [-0.25, -0.2) is 5.84 Å². The predicted octanol–water partition coefficient (Wildman–Crippen LogP) is 2.34. The van der Waals surface area contributed by atoms with Crippen molar-refractivity contribution in [1.29, 1.82) is 0 Å². The van der Waals surface area contributed by atoms with E-state index in [1.54, 1.807) is 0 Å². The summed E-state index contributed by atoms with van der Waals surface area (Å²) < 4.78 is 5.76. The third kappa shape index (κ3) is 4.65. The van der Waals surface area contributed by atoms with Crippen LogP contribution in [0.15, 0.2) is 24.3 Å². The summed E-state index contributed by atoms with van der Waals surface area (Å²) in [5.41, 5.74) is 4.22. The zero-order chi connectivity index (χ0) is 14.4. The number of rotatable bonds is 6. The smallest absolute Gasteiger partial charge is 0.241 e. The highest BCUT2D eigenvalue weighted by molar-refractivity contribution is 5.82. The molecule has 0 aromatic heterocycles. The average molecular weight is 264 g/mol. The topological polar surface area (TPSA) is 64.4 Å². The summed E-state index contributed by atoms with van der Waals surface area (Å²) in [4.78, 5) is 11.4. The minimum absolute atomic E-state index is 0.183. The highest BCUT2D eigenvalue weighted by Crippen LogP contribution is 2.17. The maximum absolute atomic E-state index is 11.4. The monoisotopic (exact) mass is 264 g/mol. The van der Waals surface area contributed by atoms with Crippen LogP contribution in [0.25, 0.3) is 0 Å². The van der Waals surface area contributed by atoms with Crippen molar-refractivity contribution in [1.82, 2.24) is 5.43 Å². The number of carbonyl (C=O) groups excluding carboxylic acids is 1. The fraction of sp³-hybridized carbons (Fsp3) is 0.533. The average Bonchev–Trinajstić information content (AvgIpc) is 2.43. The Kier molecular flexibility index (Phi) is 5.99. The summed E-state index contributed by atoms with van der Waals surface area (Å²) in [6.07, 6.45) is 0.238. The summed E-state index contributed by atoms with van der Waals surface area (Å²) >= 11 is 0. The molecule has 0 radical (unpaired) electrons. The SMILES string of the molecule is CC(C(=O)NN)c1ccc(COC(C)C(C)C)cc1. The molecular formula is C15H24N2O2. The number of carbonyl (C=O) groups is 1. The summed E-state index contributed by atoms with van der Waals surface area (Å²) in [7, 11) is 0. The Hall–Kier alpha value is -1.39. The molecule has 0 saturated carbocycles. The Morgan fingerprint density at radius 2 is 1.79 bits per heavy atom. The number of hydrogen-bond donors (Lipinski definition) is 2. The van der Waals surface area contributed by atoms with Gasteiger partial charge in [0.25, 0.3) is 0 Å². The zero-order valence-corrected chi connectivity index (χ0v) is 12.1. The first kappa shape index (κ1) is 15.7. The predicted molar refractivity (Wildman–Crippen MR) is 76.3 cm³/mol. The molecule has 0 bridgehead atoms. The van der Waals surface area contributed by atoms with Crippen LogP contribution in [0.1, 0.15) is 44.7 Å². The number of nitrogens with two attached hydrogens (primary N) is 1. The van der Waals surface area contributed by atoms with Crippen molar-refractivity contribution in [2.75, 3.05) is 0 Å². The highest BCUT2D eigenvalue weighted by atomic mass is 16.5. The molecule has 1 amide bonds. The lowest BCUT2D eigenvalue weighted by Crippen LogP contribution is -2.33. The summed E-state index contributed by atoms with van der Waals surface area (Å²) in [5, 5.41) is 0. The van der Waals surface area contributed by atoms with Gasteiger partial charge in [0.05, 0.1) is 18.6 Å². The number of ether oxygens (including phenoxy) is 1. The molecule has 0 heterocycles. The quantitative estimate of drug-likeness (QED) is 0.471. The highest BCUT2D eigenvalue weighted by Gasteiger charge is 2.13. The van der Waals surface area contributed by atoms with E-state index in [2.05, 4.69) is 26.2 Å². The molecular weight excluding hydrogens is 240 g/mol. The van der Waals surface area contributed by atoms with Crippen molar-refractivity contribution in [3.8, 4) is 0 Å². The first-order valence-electron chi connectivity index (χ1n) is 6.66. The largest absolute Gasteiger partial charge is 0.374 e. The van der Waals surface area contributed by atoms with Gasteiger partial charge < -0.3 is 4.74 Å². The molecule has 3 N–H and O–H groups in total. The summed E-state index contributed by atoms with van der Waals surface area (Å²) in [6, 6.07) is 7.86. The molecule has 4 nitrogen and oxygen atoms in total. The Bertz CT molecular complexity index is 401. The van der Waals surface area contributed by atoms with E-state index in [9.17, 15) is 4.79 Å². The maximum Gasteiger partial charge on any atom is 0.241 e. The van der Waals surface area contributed by atoms with Crippen molar-refractivity contribution >= 4 is 5.91 Å². The second kappa shape index (κ2) is 7.26. The molecule has 0 aliphatic carbocycles. The van der Waals surface area contributed by atoms with Gasteiger partial charge in [-0.3, -0.25) is 10.2 Å². The molecule has 0 saturated heterocycles. The van der Waals surface area contributed by atoms with Gasteiger partial charge >= 0.3 is 0 Å². The molecule has 106 valence electrons. The van der Waals surface area contributed by atoms with Gasteiger partial charge in [-0.1, -0.05) is 38.1 Å². The van der Waals surface area contributed by atoms with E-state index >= 15 is 0 Å². The van der Waals surface area contributed by atoms with Crippen LogP contribution in [0.5, 0.6) is 0 Å². The number of nitrogens with one attached hydrogen (secondary N) is 1. The molecule has 4 heteroatoms. The van der Waals surface area contributed by atoms with Crippen LogP contribution in [0.2, 0.25) is 0 Å². The van der Waals surface area contributed by atoms with Gasteiger partial charge in [-0.15, -0.1) is 0 Å². The number of hydrazine groups is 1. The van der Waals surface area contributed by atoms with Gasteiger partial charge in [0.15, 0.2) is 0 Å². The fourth-order valence-corrected chi connectivity index (χ4v) is 1.60. The van der Waals surface area contributed by atoms with E-state index in [0.717, 1.165) is 11.1 Å². The van der Waals surface area contributed by atoms with Crippen LogP contribution < -0.4 is 11.3 Å². The molecule has 0 fully saturated rings. The summed E-state index contributed by atoms with van der Waals surface area (Å²) in [6.45, 7) is 8.78. The second-order valence-electron chi connectivity index (χ2n) is 5.23.